The lowest BCUT2D eigenvalue weighted by molar-refractivity contribution is 0.0950. The molecule has 0 aliphatic rings. The van der Waals surface area contributed by atoms with Crippen LogP contribution in [-0.2, 0) is 6.42 Å². The Morgan fingerprint density at radius 2 is 1.86 bits per heavy atom. The number of hydrogen-bond donors (Lipinski definition) is 1. The summed E-state index contributed by atoms with van der Waals surface area (Å²) in [6.45, 7) is 2.05. The quantitative estimate of drug-likeness (QED) is 0.597. The molecular weight excluding hydrogens is 389 g/mol. The summed E-state index contributed by atoms with van der Waals surface area (Å²) in [4.78, 5) is 17.2. The lowest BCUT2D eigenvalue weighted by Gasteiger charge is -2.07. The largest absolute Gasteiger partial charge is 0.492 e. The van der Waals surface area contributed by atoms with Crippen LogP contribution in [0.25, 0.3) is 0 Å². The maximum atomic E-state index is 13.1. The molecule has 3 rings (SSSR count). The number of nitrogens with zero attached hydrogens (tertiary/aromatic N) is 1. The lowest BCUT2D eigenvalue weighted by atomic mass is 10.1. The molecule has 0 unspecified atom stereocenters. The second-order valence-corrected chi connectivity index (χ2v) is 7.09. The standard InChI is InChI=1S/C20H17F3N2O2S/c1-12-19(28-18(25-12)10-13-2-4-14(21)5-3-13)20(26)24-8-9-27-15-6-7-16(22)17(23)11-15/h2-7,11H,8-10H2,1H3,(H,24,26). The van der Waals surface area contributed by atoms with Crippen molar-refractivity contribution >= 4 is 17.2 Å². The van der Waals surface area contributed by atoms with Crippen molar-refractivity contribution in [1.29, 1.82) is 0 Å². The zero-order chi connectivity index (χ0) is 20.1. The van der Waals surface area contributed by atoms with Gasteiger partial charge < -0.3 is 10.1 Å². The first-order chi connectivity index (χ1) is 13.4. The average molecular weight is 406 g/mol. The normalized spacial score (nSPS) is 10.7. The number of carbonyl (C=O) groups excluding carboxylic acids is 1. The monoisotopic (exact) mass is 406 g/mol. The molecular formula is C20H17F3N2O2S. The third-order valence-corrected chi connectivity index (χ3v) is 5.02. The van der Waals surface area contributed by atoms with Crippen LogP contribution in [0.1, 0.15) is 25.9 Å². The molecule has 8 heteroatoms. The molecule has 3 aromatic rings. The first kappa shape index (κ1) is 19.9. The third kappa shape index (κ3) is 5.10. The summed E-state index contributed by atoms with van der Waals surface area (Å²) in [6, 6.07) is 9.38. The number of hydrogen-bond acceptors (Lipinski definition) is 4. The molecule has 1 aromatic heterocycles. The molecule has 28 heavy (non-hydrogen) atoms. The maximum absolute atomic E-state index is 13.1. The zero-order valence-corrected chi connectivity index (χ0v) is 15.8. The Balaban J connectivity index is 1.52. The van der Waals surface area contributed by atoms with Gasteiger partial charge in [-0.1, -0.05) is 12.1 Å². The van der Waals surface area contributed by atoms with Crippen molar-refractivity contribution in [3.63, 3.8) is 0 Å². The van der Waals surface area contributed by atoms with E-state index >= 15 is 0 Å². The van der Waals surface area contributed by atoms with Crippen molar-refractivity contribution < 1.29 is 22.7 Å². The van der Waals surface area contributed by atoms with Crippen LogP contribution in [0.2, 0.25) is 0 Å². The van der Waals surface area contributed by atoms with Crippen LogP contribution in [0.15, 0.2) is 42.5 Å². The Kier molecular flexibility index (Phi) is 6.30. The fourth-order valence-corrected chi connectivity index (χ4v) is 3.51. The van der Waals surface area contributed by atoms with Gasteiger partial charge >= 0.3 is 0 Å². The Morgan fingerprint density at radius 1 is 1.11 bits per heavy atom. The Morgan fingerprint density at radius 3 is 2.57 bits per heavy atom. The lowest BCUT2D eigenvalue weighted by Crippen LogP contribution is -2.28. The van der Waals surface area contributed by atoms with Gasteiger partial charge in [-0.15, -0.1) is 11.3 Å². The summed E-state index contributed by atoms with van der Waals surface area (Å²) in [6.07, 6.45) is 0.512. The molecule has 0 aliphatic carbocycles. The van der Waals surface area contributed by atoms with Crippen LogP contribution in [-0.4, -0.2) is 24.0 Å². The average Bonchev–Trinajstić information content (AvgIpc) is 3.03. The van der Waals surface area contributed by atoms with Crippen molar-refractivity contribution in [2.45, 2.75) is 13.3 Å². The molecule has 0 spiro atoms. The van der Waals surface area contributed by atoms with E-state index in [9.17, 15) is 18.0 Å². The van der Waals surface area contributed by atoms with Gasteiger partial charge in [-0.3, -0.25) is 4.79 Å². The van der Waals surface area contributed by atoms with Crippen LogP contribution in [0, 0.1) is 24.4 Å². The van der Waals surface area contributed by atoms with E-state index in [4.69, 9.17) is 4.74 Å². The van der Waals surface area contributed by atoms with Crippen molar-refractivity contribution in [3.8, 4) is 5.75 Å². The third-order valence-electron chi connectivity index (χ3n) is 3.86. The smallest absolute Gasteiger partial charge is 0.263 e. The summed E-state index contributed by atoms with van der Waals surface area (Å²) in [5.74, 6) is -2.34. The summed E-state index contributed by atoms with van der Waals surface area (Å²) < 4.78 is 44.2. The predicted octanol–water partition coefficient (Wildman–Crippen LogP) is 4.27. The topological polar surface area (TPSA) is 51.2 Å². The van der Waals surface area contributed by atoms with Gasteiger partial charge in [0.1, 0.15) is 23.1 Å². The van der Waals surface area contributed by atoms with Gasteiger partial charge in [-0.25, -0.2) is 18.2 Å². The van der Waals surface area contributed by atoms with Crippen molar-refractivity contribution in [2.24, 2.45) is 0 Å². The SMILES string of the molecule is Cc1nc(Cc2ccc(F)cc2)sc1C(=O)NCCOc1ccc(F)c(F)c1. The van der Waals surface area contributed by atoms with Gasteiger partial charge in [-0.2, -0.15) is 0 Å². The van der Waals surface area contributed by atoms with Gasteiger partial charge in [0, 0.05) is 12.5 Å². The second kappa shape index (κ2) is 8.88. The highest BCUT2D eigenvalue weighted by Crippen LogP contribution is 2.21. The van der Waals surface area contributed by atoms with E-state index in [-0.39, 0.29) is 30.6 Å². The van der Waals surface area contributed by atoms with E-state index in [2.05, 4.69) is 10.3 Å². The minimum Gasteiger partial charge on any atom is -0.492 e. The van der Waals surface area contributed by atoms with Crippen molar-refractivity contribution in [2.75, 3.05) is 13.2 Å². The minimum absolute atomic E-state index is 0.108. The number of carbonyl (C=O) groups is 1. The number of nitrogens with one attached hydrogen (secondary N) is 1. The molecule has 0 bridgehead atoms. The highest BCUT2D eigenvalue weighted by Gasteiger charge is 2.15. The molecule has 1 amide bonds. The predicted molar refractivity (Wildman–Crippen MR) is 100 cm³/mol. The number of amides is 1. The van der Waals surface area contributed by atoms with E-state index in [1.165, 1.54) is 29.5 Å². The molecule has 4 nitrogen and oxygen atoms in total. The Labute approximate surface area is 164 Å². The Bertz CT molecular complexity index is 974. The highest BCUT2D eigenvalue weighted by atomic mass is 32.1. The number of ether oxygens (including phenoxy) is 1. The second-order valence-electron chi connectivity index (χ2n) is 6.01. The highest BCUT2D eigenvalue weighted by molar-refractivity contribution is 7.13. The fraction of sp³-hybridized carbons (Fsp3) is 0.200. The fourth-order valence-electron chi connectivity index (χ4n) is 2.50. The molecule has 0 aliphatic heterocycles. The summed E-state index contributed by atoms with van der Waals surface area (Å²) in [5.41, 5.74) is 1.52. The van der Waals surface area contributed by atoms with Gasteiger partial charge in [0.2, 0.25) is 0 Å². The number of benzene rings is 2. The molecule has 1 heterocycles. The summed E-state index contributed by atoms with van der Waals surface area (Å²) >= 11 is 1.28. The van der Waals surface area contributed by atoms with Crippen molar-refractivity contribution in [1.82, 2.24) is 10.3 Å². The first-order valence-electron chi connectivity index (χ1n) is 8.49. The maximum Gasteiger partial charge on any atom is 0.263 e. The van der Waals surface area contributed by atoms with Gasteiger partial charge in [0.25, 0.3) is 5.91 Å². The van der Waals surface area contributed by atoms with E-state index in [1.54, 1.807) is 19.1 Å². The molecule has 0 fully saturated rings. The van der Waals surface area contributed by atoms with Crippen molar-refractivity contribution in [3.05, 3.63) is 81.1 Å². The molecule has 0 saturated heterocycles. The molecule has 0 saturated carbocycles. The molecule has 1 N–H and O–H groups in total. The molecule has 0 atom stereocenters. The number of rotatable bonds is 7. The molecule has 0 radical (unpaired) electrons. The Hall–Kier alpha value is -2.87. The van der Waals surface area contributed by atoms with E-state index < -0.39 is 11.6 Å². The van der Waals surface area contributed by atoms with Crippen LogP contribution in [0.5, 0.6) is 5.75 Å². The van der Waals surface area contributed by atoms with E-state index in [1.807, 2.05) is 0 Å². The van der Waals surface area contributed by atoms with Gasteiger partial charge in [0.15, 0.2) is 11.6 Å². The van der Waals surface area contributed by atoms with Crippen LogP contribution in [0.3, 0.4) is 0 Å². The van der Waals surface area contributed by atoms with Crippen LogP contribution >= 0.6 is 11.3 Å². The van der Waals surface area contributed by atoms with E-state index in [0.717, 1.165) is 22.7 Å². The number of aryl methyl sites for hydroxylation is 1. The van der Waals surface area contributed by atoms with Crippen LogP contribution < -0.4 is 10.1 Å². The number of aromatic nitrogens is 1. The molecule has 2 aromatic carbocycles. The van der Waals surface area contributed by atoms with Crippen LogP contribution in [0.4, 0.5) is 13.2 Å². The summed E-state index contributed by atoms with van der Waals surface area (Å²) in [5, 5.41) is 3.47. The number of halogens is 3. The minimum atomic E-state index is -0.990. The number of thiazole rings is 1. The zero-order valence-electron chi connectivity index (χ0n) is 15.0. The summed E-state index contributed by atoms with van der Waals surface area (Å²) in [7, 11) is 0. The van der Waals surface area contributed by atoms with E-state index in [0.29, 0.717) is 17.0 Å². The van der Waals surface area contributed by atoms with Gasteiger partial charge in [-0.05, 0) is 36.8 Å². The first-order valence-corrected chi connectivity index (χ1v) is 9.31. The molecule has 146 valence electrons. The van der Waals surface area contributed by atoms with Gasteiger partial charge in [0.05, 0.1) is 17.2 Å².